The highest BCUT2D eigenvalue weighted by atomic mass is 127. The van der Waals surface area contributed by atoms with E-state index in [9.17, 15) is 5.26 Å². The summed E-state index contributed by atoms with van der Waals surface area (Å²) in [5, 5.41) is 9.46. The summed E-state index contributed by atoms with van der Waals surface area (Å²) in [4.78, 5) is 0. The third-order valence-electron chi connectivity index (χ3n) is 3.13. The van der Waals surface area contributed by atoms with Crippen molar-refractivity contribution < 1.29 is 9.47 Å². The average Bonchev–Trinajstić information content (AvgIpc) is 2.55. The standard InChI is InChI=1S/C18H15BrINO2/c1-3-23-18-16(20)9-12(10-17(18)22-2)8-14(11-21)13-4-6-15(19)7-5-13/h4-10H,3H2,1-2H3/b14-8-. The number of halogens is 2. The number of nitrogens with zero attached hydrogens (tertiary/aromatic N) is 1. The zero-order chi connectivity index (χ0) is 16.8. The largest absolute Gasteiger partial charge is 0.493 e. The van der Waals surface area contributed by atoms with Crippen LogP contribution < -0.4 is 9.47 Å². The number of allylic oxidation sites excluding steroid dienone is 1. The maximum absolute atomic E-state index is 9.46. The molecule has 0 N–H and O–H groups in total. The van der Waals surface area contributed by atoms with Crippen molar-refractivity contribution in [1.82, 2.24) is 0 Å². The number of hydrogen-bond acceptors (Lipinski definition) is 3. The molecule has 0 atom stereocenters. The zero-order valence-electron chi connectivity index (χ0n) is 12.8. The van der Waals surface area contributed by atoms with E-state index in [1.165, 1.54) is 0 Å². The highest BCUT2D eigenvalue weighted by Crippen LogP contribution is 2.35. The van der Waals surface area contributed by atoms with Crippen LogP contribution in [0.5, 0.6) is 11.5 Å². The fourth-order valence-corrected chi connectivity index (χ4v) is 3.13. The van der Waals surface area contributed by atoms with Gasteiger partial charge in [0.2, 0.25) is 0 Å². The summed E-state index contributed by atoms with van der Waals surface area (Å²) in [5.74, 6) is 1.40. The van der Waals surface area contributed by atoms with Crippen LogP contribution in [0.1, 0.15) is 18.1 Å². The molecule has 0 spiro atoms. The minimum atomic E-state index is 0.573. The SMILES string of the molecule is CCOc1c(I)cc(/C=C(/C#N)c2ccc(Br)cc2)cc1OC. The second-order valence-electron chi connectivity index (χ2n) is 4.64. The molecular formula is C18H15BrINO2. The first kappa shape index (κ1) is 17.8. The fraction of sp³-hybridized carbons (Fsp3) is 0.167. The molecule has 0 aliphatic heterocycles. The van der Waals surface area contributed by atoms with Crippen molar-refractivity contribution in [2.75, 3.05) is 13.7 Å². The Morgan fingerprint density at radius 2 is 2.00 bits per heavy atom. The summed E-state index contributed by atoms with van der Waals surface area (Å²) in [7, 11) is 1.61. The van der Waals surface area contributed by atoms with Gasteiger partial charge >= 0.3 is 0 Å². The molecule has 5 heteroatoms. The quantitative estimate of drug-likeness (QED) is 0.319. The van der Waals surface area contributed by atoms with Gasteiger partial charge in [-0.2, -0.15) is 5.26 Å². The first-order chi connectivity index (χ1) is 11.1. The lowest BCUT2D eigenvalue weighted by Crippen LogP contribution is -1.98. The second kappa shape index (κ2) is 8.37. The van der Waals surface area contributed by atoms with E-state index in [1.807, 2.05) is 49.4 Å². The van der Waals surface area contributed by atoms with Gasteiger partial charge in [-0.05, 0) is 71.0 Å². The van der Waals surface area contributed by atoms with Gasteiger partial charge in [-0.15, -0.1) is 0 Å². The highest BCUT2D eigenvalue weighted by Gasteiger charge is 2.11. The molecule has 23 heavy (non-hydrogen) atoms. The molecule has 0 bridgehead atoms. The normalized spacial score (nSPS) is 11.0. The van der Waals surface area contributed by atoms with Gasteiger partial charge in [-0.25, -0.2) is 0 Å². The molecule has 0 saturated heterocycles. The summed E-state index contributed by atoms with van der Waals surface area (Å²) in [6.07, 6.45) is 1.85. The molecule has 0 amide bonds. The maximum Gasteiger partial charge on any atom is 0.174 e. The van der Waals surface area contributed by atoms with Gasteiger partial charge < -0.3 is 9.47 Å². The van der Waals surface area contributed by atoms with Crippen LogP contribution in [0.15, 0.2) is 40.9 Å². The number of methoxy groups -OCH3 is 1. The van der Waals surface area contributed by atoms with Gasteiger partial charge in [0.1, 0.15) is 0 Å². The van der Waals surface area contributed by atoms with E-state index in [4.69, 9.17) is 9.47 Å². The van der Waals surface area contributed by atoms with Gasteiger partial charge in [0.25, 0.3) is 0 Å². The Kier molecular flexibility index (Phi) is 6.48. The van der Waals surface area contributed by atoms with Gasteiger partial charge in [0.05, 0.1) is 28.9 Å². The molecule has 0 saturated carbocycles. The van der Waals surface area contributed by atoms with E-state index >= 15 is 0 Å². The van der Waals surface area contributed by atoms with Crippen LogP contribution in [0.4, 0.5) is 0 Å². The predicted octanol–water partition coefficient (Wildman–Crippen LogP) is 5.53. The van der Waals surface area contributed by atoms with E-state index in [0.717, 1.165) is 24.9 Å². The molecule has 0 aliphatic rings. The van der Waals surface area contributed by atoms with Gasteiger partial charge in [0, 0.05) is 4.47 Å². The number of ether oxygens (including phenoxy) is 2. The van der Waals surface area contributed by atoms with Crippen LogP contribution in [0.2, 0.25) is 0 Å². The van der Waals surface area contributed by atoms with Gasteiger partial charge in [0.15, 0.2) is 11.5 Å². The lowest BCUT2D eigenvalue weighted by molar-refractivity contribution is 0.308. The number of benzene rings is 2. The van der Waals surface area contributed by atoms with E-state index < -0.39 is 0 Å². The molecule has 2 rings (SSSR count). The number of hydrogen-bond donors (Lipinski definition) is 0. The Morgan fingerprint density at radius 1 is 1.30 bits per heavy atom. The predicted molar refractivity (Wildman–Crippen MR) is 105 cm³/mol. The molecule has 0 aromatic heterocycles. The molecule has 0 heterocycles. The van der Waals surface area contributed by atoms with Crippen molar-refractivity contribution in [2.24, 2.45) is 0 Å². The fourth-order valence-electron chi connectivity index (χ4n) is 2.08. The van der Waals surface area contributed by atoms with Crippen LogP contribution in [-0.4, -0.2) is 13.7 Å². The zero-order valence-corrected chi connectivity index (χ0v) is 16.5. The summed E-state index contributed by atoms with van der Waals surface area (Å²) in [5.41, 5.74) is 2.37. The van der Waals surface area contributed by atoms with Crippen molar-refractivity contribution in [2.45, 2.75) is 6.92 Å². The van der Waals surface area contributed by atoms with Gasteiger partial charge in [-0.1, -0.05) is 28.1 Å². The Hall–Kier alpha value is -1.52. The number of rotatable bonds is 5. The van der Waals surface area contributed by atoms with Crippen molar-refractivity contribution >= 4 is 50.2 Å². The first-order valence-corrected chi connectivity index (χ1v) is 8.84. The minimum absolute atomic E-state index is 0.573. The molecule has 0 fully saturated rings. The monoisotopic (exact) mass is 483 g/mol. The van der Waals surface area contributed by atoms with Crippen LogP contribution in [0.25, 0.3) is 11.6 Å². The summed E-state index contributed by atoms with van der Waals surface area (Å²) < 4.78 is 13.0. The van der Waals surface area contributed by atoms with Crippen molar-refractivity contribution in [3.63, 3.8) is 0 Å². The maximum atomic E-state index is 9.46. The molecular weight excluding hydrogens is 469 g/mol. The molecule has 3 nitrogen and oxygen atoms in total. The molecule has 0 aliphatic carbocycles. The number of nitriles is 1. The van der Waals surface area contributed by atoms with E-state index in [1.54, 1.807) is 7.11 Å². The Labute approximate surface area is 158 Å². The Morgan fingerprint density at radius 3 is 2.57 bits per heavy atom. The smallest absolute Gasteiger partial charge is 0.174 e. The Balaban J connectivity index is 2.46. The topological polar surface area (TPSA) is 42.2 Å². The third kappa shape index (κ3) is 4.49. The van der Waals surface area contributed by atoms with Crippen molar-refractivity contribution in [3.05, 3.63) is 55.6 Å². The van der Waals surface area contributed by atoms with E-state index in [0.29, 0.717) is 17.9 Å². The first-order valence-electron chi connectivity index (χ1n) is 6.97. The van der Waals surface area contributed by atoms with Gasteiger partial charge in [-0.3, -0.25) is 0 Å². The second-order valence-corrected chi connectivity index (χ2v) is 6.72. The van der Waals surface area contributed by atoms with Crippen LogP contribution in [0.3, 0.4) is 0 Å². The summed E-state index contributed by atoms with van der Waals surface area (Å²) >= 11 is 5.61. The van der Waals surface area contributed by atoms with Crippen LogP contribution >= 0.6 is 38.5 Å². The molecule has 0 radical (unpaired) electrons. The minimum Gasteiger partial charge on any atom is -0.493 e. The average molecular weight is 484 g/mol. The lowest BCUT2D eigenvalue weighted by Gasteiger charge is -2.12. The van der Waals surface area contributed by atoms with E-state index in [-0.39, 0.29) is 0 Å². The van der Waals surface area contributed by atoms with Crippen molar-refractivity contribution in [3.8, 4) is 17.6 Å². The highest BCUT2D eigenvalue weighted by molar-refractivity contribution is 14.1. The third-order valence-corrected chi connectivity index (χ3v) is 4.46. The summed E-state index contributed by atoms with van der Waals surface area (Å²) in [6, 6.07) is 13.8. The summed E-state index contributed by atoms with van der Waals surface area (Å²) in [6.45, 7) is 2.51. The molecule has 2 aromatic carbocycles. The lowest BCUT2D eigenvalue weighted by atomic mass is 10.0. The molecule has 118 valence electrons. The van der Waals surface area contributed by atoms with Crippen LogP contribution in [-0.2, 0) is 0 Å². The molecule has 0 unspecified atom stereocenters. The van der Waals surface area contributed by atoms with Crippen molar-refractivity contribution in [1.29, 1.82) is 5.26 Å². The Bertz CT molecular complexity index is 764. The van der Waals surface area contributed by atoms with Crippen LogP contribution in [0, 0.1) is 14.9 Å². The van der Waals surface area contributed by atoms with E-state index in [2.05, 4.69) is 44.6 Å². The molecule has 2 aromatic rings.